The summed E-state index contributed by atoms with van der Waals surface area (Å²) in [5.41, 5.74) is -0.403. The summed E-state index contributed by atoms with van der Waals surface area (Å²) in [5, 5.41) is 14.5. The van der Waals surface area contributed by atoms with Gasteiger partial charge >= 0.3 is 12.1 Å². The number of carbonyl (C=O) groups is 2. The third-order valence-electron chi connectivity index (χ3n) is 3.12. The zero-order valence-corrected chi connectivity index (χ0v) is 10.4. The van der Waals surface area contributed by atoms with E-state index in [1.807, 2.05) is 30.3 Å². The van der Waals surface area contributed by atoms with Crippen LogP contribution in [0, 0.1) is 0 Å². The highest BCUT2D eigenvalue weighted by molar-refractivity contribution is 5.85. The fraction of sp³-hybridized carbons (Fsp3) is 0.385. The van der Waals surface area contributed by atoms with E-state index in [9.17, 15) is 14.7 Å². The van der Waals surface area contributed by atoms with Crippen LogP contribution in [0.3, 0.4) is 0 Å². The normalized spacial score (nSPS) is 21.9. The molecule has 1 aromatic carbocycles. The van der Waals surface area contributed by atoms with Gasteiger partial charge in [0, 0.05) is 6.54 Å². The quantitative estimate of drug-likeness (QED) is 0.746. The highest BCUT2D eigenvalue weighted by atomic mass is 16.5. The van der Waals surface area contributed by atoms with Crippen molar-refractivity contribution in [1.29, 1.82) is 0 Å². The van der Waals surface area contributed by atoms with Crippen LogP contribution in [0.2, 0.25) is 0 Å². The van der Waals surface area contributed by atoms with E-state index in [4.69, 9.17) is 4.74 Å². The number of alkyl carbamates (subject to hydrolysis) is 1. The molecule has 6 nitrogen and oxygen atoms in total. The Bertz CT molecular complexity index is 455. The van der Waals surface area contributed by atoms with E-state index < -0.39 is 17.6 Å². The second-order valence-corrected chi connectivity index (χ2v) is 4.50. The van der Waals surface area contributed by atoms with Gasteiger partial charge < -0.3 is 20.5 Å². The lowest BCUT2D eigenvalue weighted by Crippen LogP contribution is -2.56. The Morgan fingerprint density at radius 2 is 2.11 bits per heavy atom. The minimum absolute atomic E-state index is 0.121. The van der Waals surface area contributed by atoms with Crippen molar-refractivity contribution in [1.82, 2.24) is 10.6 Å². The molecule has 1 amide bonds. The number of carboxylic acid groups (broad SMARTS) is 1. The lowest BCUT2D eigenvalue weighted by atomic mass is 9.99. The summed E-state index contributed by atoms with van der Waals surface area (Å²) in [6.07, 6.45) is -0.363. The van der Waals surface area contributed by atoms with Crippen molar-refractivity contribution in [3.63, 3.8) is 0 Å². The molecule has 0 bridgehead atoms. The maximum absolute atomic E-state index is 11.7. The van der Waals surface area contributed by atoms with Gasteiger partial charge in [0.25, 0.3) is 0 Å². The lowest BCUT2D eigenvalue weighted by molar-refractivity contribution is -0.143. The van der Waals surface area contributed by atoms with Gasteiger partial charge in [-0.1, -0.05) is 30.3 Å². The number of hydrogen-bond donors (Lipinski definition) is 3. The summed E-state index contributed by atoms with van der Waals surface area (Å²) in [6, 6.07) is 9.22. The van der Waals surface area contributed by atoms with Gasteiger partial charge in [0.1, 0.15) is 6.61 Å². The van der Waals surface area contributed by atoms with E-state index in [0.29, 0.717) is 13.0 Å². The van der Waals surface area contributed by atoms with E-state index in [1.54, 1.807) is 0 Å². The van der Waals surface area contributed by atoms with Crippen molar-refractivity contribution in [2.45, 2.75) is 18.6 Å². The fourth-order valence-electron chi connectivity index (χ4n) is 1.99. The fourth-order valence-corrected chi connectivity index (χ4v) is 1.99. The molecule has 0 saturated carbocycles. The Hall–Kier alpha value is -2.08. The molecule has 2 rings (SSSR count). The van der Waals surface area contributed by atoms with E-state index in [1.165, 1.54) is 0 Å². The Morgan fingerprint density at radius 1 is 1.37 bits per heavy atom. The van der Waals surface area contributed by atoms with Gasteiger partial charge in [-0.25, -0.2) is 9.59 Å². The van der Waals surface area contributed by atoms with Crippen molar-refractivity contribution in [2.24, 2.45) is 0 Å². The van der Waals surface area contributed by atoms with Crippen LogP contribution >= 0.6 is 0 Å². The van der Waals surface area contributed by atoms with E-state index >= 15 is 0 Å². The molecule has 1 saturated heterocycles. The first-order valence-electron chi connectivity index (χ1n) is 6.05. The molecule has 1 fully saturated rings. The number of carbonyl (C=O) groups excluding carboxylic acids is 1. The minimum Gasteiger partial charge on any atom is -0.479 e. The summed E-state index contributed by atoms with van der Waals surface area (Å²) in [5.74, 6) is -1.05. The minimum atomic E-state index is -1.26. The van der Waals surface area contributed by atoms with Crippen molar-refractivity contribution in [3.8, 4) is 0 Å². The third kappa shape index (κ3) is 3.23. The van der Waals surface area contributed by atoms with Crippen LogP contribution in [-0.2, 0) is 16.1 Å². The molecule has 0 aromatic heterocycles. The van der Waals surface area contributed by atoms with Crippen LogP contribution in [0.4, 0.5) is 4.79 Å². The average Bonchev–Trinajstić information content (AvgIpc) is 2.87. The molecule has 3 N–H and O–H groups in total. The second-order valence-electron chi connectivity index (χ2n) is 4.50. The van der Waals surface area contributed by atoms with Gasteiger partial charge in [0.15, 0.2) is 5.54 Å². The second kappa shape index (κ2) is 5.71. The first kappa shape index (κ1) is 13.4. The molecule has 1 aliphatic rings. The molecule has 0 radical (unpaired) electrons. The maximum atomic E-state index is 11.7. The summed E-state index contributed by atoms with van der Waals surface area (Å²) < 4.78 is 5.02. The molecular formula is C13H16N2O4. The molecule has 102 valence electrons. The standard InChI is InChI=1S/C13H16N2O4/c16-11(17)13(6-7-14-9-13)15-12(18)19-8-10-4-2-1-3-5-10/h1-5,14H,6-9H2,(H,15,18)(H,16,17)/t13-/m1/s1. The van der Waals surface area contributed by atoms with Crippen molar-refractivity contribution < 1.29 is 19.4 Å². The largest absolute Gasteiger partial charge is 0.479 e. The van der Waals surface area contributed by atoms with E-state index in [-0.39, 0.29) is 13.2 Å². The molecule has 0 spiro atoms. The summed E-state index contributed by atoms with van der Waals surface area (Å²) in [4.78, 5) is 22.9. The van der Waals surface area contributed by atoms with Gasteiger partial charge in [0.05, 0.1) is 0 Å². The molecule has 0 aliphatic carbocycles. The molecule has 1 aromatic rings. The molecule has 1 atom stereocenters. The number of carboxylic acids is 1. The molecule has 19 heavy (non-hydrogen) atoms. The van der Waals surface area contributed by atoms with Crippen molar-refractivity contribution in [2.75, 3.05) is 13.1 Å². The summed E-state index contributed by atoms with van der Waals surface area (Å²) in [6.45, 7) is 0.893. The van der Waals surface area contributed by atoms with Crippen LogP contribution in [0.1, 0.15) is 12.0 Å². The van der Waals surface area contributed by atoms with Crippen LogP contribution < -0.4 is 10.6 Å². The molecule has 1 heterocycles. The predicted molar refractivity (Wildman–Crippen MR) is 67.6 cm³/mol. The zero-order chi connectivity index (χ0) is 13.7. The van der Waals surface area contributed by atoms with Crippen LogP contribution in [-0.4, -0.2) is 35.8 Å². The Labute approximate surface area is 110 Å². The van der Waals surface area contributed by atoms with Gasteiger partial charge in [-0.3, -0.25) is 0 Å². The number of amides is 1. The molecule has 0 unspecified atom stereocenters. The number of ether oxygens (including phenoxy) is 1. The number of hydrogen-bond acceptors (Lipinski definition) is 4. The number of nitrogens with one attached hydrogen (secondary N) is 2. The van der Waals surface area contributed by atoms with E-state index in [2.05, 4.69) is 10.6 Å². The van der Waals surface area contributed by atoms with Crippen LogP contribution in [0.25, 0.3) is 0 Å². The maximum Gasteiger partial charge on any atom is 0.408 e. The third-order valence-corrected chi connectivity index (χ3v) is 3.12. The number of rotatable bonds is 4. The zero-order valence-electron chi connectivity index (χ0n) is 10.4. The first-order valence-corrected chi connectivity index (χ1v) is 6.05. The van der Waals surface area contributed by atoms with Crippen LogP contribution in [0.5, 0.6) is 0 Å². The van der Waals surface area contributed by atoms with Gasteiger partial charge in [-0.05, 0) is 18.5 Å². The monoisotopic (exact) mass is 264 g/mol. The molecule has 6 heteroatoms. The van der Waals surface area contributed by atoms with Gasteiger partial charge in [-0.2, -0.15) is 0 Å². The smallest absolute Gasteiger partial charge is 0.408 e. The summed E-state index contributed by atoms with van der Waals surface area (Å²) >= 11 is 0. The Balaban J connectivity index is 1.88. The summed E-state index contributed by atoms with van der Waals surface area (Å²) in [7, 11) is 0. The average molecular weight is 264 g/mol. The van der Waals surface area contributed by atoms with Gasteiger partial charge in [-0.15, -0.1) is 0 Å². The highest BCUT2D eigenvalue weighted by Gasteiger charge is 2.43. The Morgan fingerprint density at radius 3 is 2.68 bits per heavy atom. The molecular weight excluding hydrogens is 248 g/mol. The first-order chi connectivity index (χ1) is 9.12. The van der Waals surface area contributed by atoms with E-state index in [0.717, 1.165) is 5.56 Å². The topological polar surface area (TPSA) is 87.7 Å². The SMILES string of the molecule is O=C(N[C@]1(C(=O)O)CCNC1)OCc1ccccc1. The number of aliphatic carboxylic acids is 1. The number of benzene rings is 1. The lowest BCUT2D eigenvalue weighted by Gasteiger charge is -2.23. The molecule has 1 aliphatic heterocycles. The predicted octanol–water partition coefficient (Wildman–Crippen LogP) is 0.729. The van der Waals surface area contributed by atoms with Crippen LogP contribution in [0.15, 0.2) is 30.3 Å². The van der Waals surface area contributed by atoms with Crippen molar-refractivity contribution >= 4 is 12.1 Å². The highest BCUT2D eigenvalue weighted by Crippen LogP contribution is 2.15. The van der Waals surface area contributed by atoms with Gasteiger partial charge in [0.2, 0.25) is 0 Å². The van der Waals surface area contributed by atoms with Crippen molar-refractivity contribution in [3.05, 3.63) is 35.9 Å². The Kier molecular flexibility index (Phi) is 4.01.